The Labute approximate surface area is 121 Å². The van der Waals surface area contributed by atoms with E-state index in [1.54, 1.807) is 6.20 Å². The number of carbonyl (C=O) groups is 1. The lowest BCUT2D eigenvalue weighted by Gasteiger charge is -2.10. The summed E-state index contributed by atoms with van der Waals surface area (Å²) < 4.78 is 0.840. The van der Waals surface area contributed by atoms with Crippen LogP contribution < -0.4 is 5.32 Å². The van der Waals surface area contributed by atoms with E-state index in [4.69, 9.17) is 0 Å². The van der Waals surface area contributed by atoms with Gasteiger partial charge in [0.15, 0.2) is 0 Å². The van der Waals surface area contributed by atoms with Gasteiger partial charge in [-0.25, -0.2) is 4.98 Å². The number of anilines is 1. The Kier molecular flexibility index (Phi) is 2.53. The molecule has 1 N–H and O–H groups in total. The number of amides is 1. The van der Waals surface area contributed by atoms with Gasteiger partial charge >= 0.3 is 0 Å². The second-order valence-corrected chi connectivity index (χ2v) is 7.09. The molecule has 0 radical (unpaired) electrons. The molecule has 3 nitrogen and oxygen atoms in total. The highest BCUT2D eigenvalue weighted by Gasteiger charge is 2.67. The minimum Gasteiger partial charge on any atom is -0.324 e. The molecule has 0 saturated heterocycles. The van der Waals surface area contributed by atoms with Crippen LogP contribution in [0.15, 0.2) is 16.9 Å². The van der Waals surface area contributed by atoms with Crippen LogP contribution in [0.1, 0.15) is 24.8 Å². The van der Waals surface area contributed by atoms with Crippen LogP contribution in [0.25, 0.3) is 0 Å². The summed E-state index contributed by atoms with van der Waals surface area (Å²) in [5.41, 5.74) is 1.87. The zero-order valence-electron chi connectivity index (χ0n) is 10.9. The molecule has 100 valence electrons. The maximum absolute atomic E-state index is 12.4. The summed E-state index contributed by atoms with van der Waals surface area (Å²) in [7, 11) is 0. The molecule has 19 heavy (non-hydrogen) atoms. The summed E-state index contributed by atoms with van der Waals surface area (Å²) >= 11 is 3.38. The fourth-order valence-corrected chi connectivity index (χ4v) is 4.74. The Morgan fingerprint density at radius 1 is 1.37 bits per heavy atom. The van der Waals surface area contributed by atoms with Crippen molar-refractivity contribution < 1.29 is 4.79 Å². The van der Waals surface area contributed by atoms with Crippen molar-refractivity contribution in [2.45, 2.75) is 26.2 Å². The number of carbonyl (C=O) groups excluding carboxylic acids is 1. The van der Waals surface area contributed by atoms with Crippen LogP contribution in [0.4, 0.5) is 5.69 Å². The monoisotopic (exact) mass is 320 g/mol. The molecule has 0 aromatic carbocycles. The molecule has 4 rings (SSSR count). The normalized spacial score (nSPS) is 38.1. The van der Waals surface area contributed by atoms with E-state index < -0.39 is 0 Å². The number of fused-ring (bicyclic) bond motifs is 5. The third-order valence-corrected chi connectivity index (χ3v) is 6.15. The maximum atomic E-state index is 12.4. The van der Waals surface area contributed by atoms with E-state index >= 15 is 0 Å². The van der Waals surface area contributed by atoms with E-state index in [2.05, 4.69) is 26.2 Å². The number of hydrogen-bond donors (Lipinski definition) is 1. The molecule has 3 fully saturated rings. The van der Waals surface area contributed by atoms with Gasteiger partial charge in [0.2, 0.25) is 5.91 Å². The van der Waals surface area contributed by atoms with Gasteiger partial charge in [0.25, 0.3) is 0 Å². The fraction of sp³-hybridized carbons (Fsp3) is 0.600. The Morgan fingerprint density at radius 3 is 2.68 bits per heavy atom. The SMILES string of the molecule is Cc1cc(NC(=O)C2C3C4CCC(C4)C23)cnc1Br. The van der Waals surface area contributed by atoms with Crippen molar-refractivity contribution >= 4 is 27.5 Å². The van der Waals surface area contributed by atoms with Crippen LogP contribution in [0.2, 0.25) is 0 Å². The lowest BCUT2D eigenvalue weighted by molar-refractivity contribution is -0.118. The summed E-state index contributed by atoms with van der Waals surface area (Å²) in [5.74, 6) is 3.59. The van der Waals surface area contributed by atoms with E-state index in [1.165, 1.54) is 19.3 Å². The first-order valence-electron chi connectivity index (χ1n) is 7.08. The summed E-state index contributed by atoms with van der Waals surface area (Å²) in [6.07, 6.45) is 5.82. The average molecular weight is 321 g/mol. The predicted molar refractivity (Wildman–Crippen MR) is 76.6 cm³/mol. The van der Waals surface area contributed by atoms with Crippen LogP contribution in [0.5, 0.6) is 0 Å². The van der Waals surface area contributed by atoms with Crippen LogP contribution in [0, 0.1) is 36.5 Å². The molecule has 3 aliphatic carbocycles. The van der Waals surface area contributed by atoms with Crippen molar-refractivity contribution in [1.29, 1.82) is 0 Å². The zero-order valence-corrected chi connectivity index (χ0v) is 12.5. The Bertz CT molecular complexity index is 543. The number of hydrogen-bond acceptors (Lipinski definition) is 2. The number of pyridine rings is 1. The first kappa shape index (κ1) is 11.9. The molecule has 1 amide bonds. The number of nitrogens with zero attached hydrogens (tertiary/aromatic N) is 1. The third-order valence-electron chi connectivity index (χ3n) is 5.32. The number of aryl methyl sites for hydroxylation is 1. The number of nitrogens with one attached hydrogen (secondary N) is 1. The molecule has 3 saturated carbocycles. The second kappa shape index (κ2) is 4.05. The second-order valence-electron chi connectivity index (χ2n) is 6.33. The van der Waals surface area contributed by atoms with E-state index in [0.717, 1.165) is 27.7 Å². The highest BCUT2D eigenvalue weighted by molar-refractivity contribution is 9.10. The Balaban J connectivity index is 1.47. The van der Waals surface area contributed by atoms with Gasteiger partial charge in [0, 0.05) is 5.92 Å². The fourth-order valence-electron chi connectivity index (χ4n) is 4.53. The van der Waals surface area contributed by atoms with Gasteiger partial charge in [-0.15, -0.1) is 0 Å². The molecule has 1 aromatic rings. The molecular weight excluding hydrogens is 304 g/mol. The smallest absolute Gasteiger partial charge is 0.228 e. The standard InChI is InChI=1S/C15H17BrN2O/c1-7-4-10(6-17-14(7)16)18-15(19)13-11-8-2-3-9(5-8)12(11)13/h4,6,8-9,11-13H,2-3,5H2,1H3,(H,18,19). The van der Waals surface area contributed by atoms with Crippen LogP contribution in [0.3, 0.4) is 0 Å². The van der Waals surface area contributed by atoms with E-state index in [1.807, 2.05) is 13.0 Å². The number of aromatic nitrogens is 1. The molecule has 4 unspecified atom stereocenters. The summed E-state index contributed by atoms with van der Waals surface area (Å²) in [4.78, 5) is 16.6. The molecule has 0 spiro atoms. The van der Waals surface area contributed by atoms with Crippen molar-refractivity contribution in [3.8, 4) is 0 Å². The van der Waals surface area contributed by atoms with E-state index in [-0.39, 0.29) is 11.8 Å². The molecule has 3 aliphatic rings. The molecule has 1 heterocycles. The maximum Gasteiger partial charge on any atom is 0.228 e. The van der Waals surface area contributed by atoms with Gasteiger partial charge in [0.05, 0.1) is 11.9 Å². The largest absolute Gasteiger partial charge is 0.324 e. The Hall–Kier alpha value is -0.900. The molecule has 0 aliphatic heterocycles. The molecular formula is C15H17BrN2O. The minimum absolute atomic E-state index is 0.218. The number of halogens is 1. The van der Waals surface area contributed by atoms with E-state index in [9.17, 15) is 4.79 Å². The average Bonchev–Trinajstić information content (AvgIpc) is 2.83. The summed E-state index contributed by atoms with van der Waals surface area (Å²) in [6.45, 7) is 1.98. The van der Waals surface area contributed by atoms with E-state index in [0.29, 0.717) is 11.8 Å². The first-order valence-corrected chi connectivity index (χ1v) is 7.87. The van der Waals surface area contributed by atoms with Crippen LogP contribution in [-0.4, -0.2) is 10.9 Å². The van der Waals surface area contributed by atoms with Crippen molar-refractivity contribution in [1.82, 2.24) is 4.98 Å². The topological polar surface area (TPSA) is 42.0 Å². The summed E-state index contributed by atoms with van der Waals surface area (Å²) in [5, 5.41) is 3.05. The predicted octanol–water partition coefficient (Wildman–Crippen LogP) is 3.38. The molecule has 4 atom stereocenters. The van der Waals surface area contributed by atoms with Gasteiger partial charge in [-0.1, -0.05) is 0 Å². The molecule has 2 bridgehead atoms. The van der Waals surface area contributed by atoms with Crippen molar-refractivity contribution in [3.05, 3.63) is 22.4 Å². The lowest BCUT2D eigenvalue weighted by Crippen LogP contribution is -2.18. The van der Waals surface area contributed by atoms with Gasteiger partial charge in [-0.3, -0.25) is 4.79 Å². The van der Waals surface area contributed by atoms with Gasteiger partial charge < -0.3 is 5.32 Å². The van der Waals surface area contributed by atoms with Gasteiger partial charge in [0.1, 0.15) is 4.60 Å². The summed E-state index contributed by atoms with van der Waals surface area (Å²) in [6, 6.07) is 1.97. The highest BCUT2D eigenvalue weighted by Crippen LogP contribution is 2.69. The van der Waals surface area contributed by atoms with Gasteiger partial charge in [-0.2, -0.15) is 0 Å². The number of rotatable bonds is 2. The van der Waals surface area contributed by atoms with Crippen molar-refractivity contribution in [2.75, 3.05) is 5.32 Å². The minimum atomic E-state index is 0.218. The Morgan fingerprint density at radius 2 is 2.05 bits per heavy atom. The lowest BCUT2D eigenvalue weighted by atomic mass is 10.0. The molecule has 4 heteroatoms. The zero-order chi connectivity index (χ0) is 13.1. The third kappa shape index (κ3) is 1.76. The first-order chi connectivity index (χ1) is 9.15. The van der Waals surface area contributed by atoms with Crippen molar-refractivity contribution in [3.63, 3.8) is 0 Å². The molecule has 1 aromatic heterocycles. The quantitative estimate of drug-likeness (QED) is 0.849. The van der Waals surface area contributed by atoms with Crippen molar-refractivity contribution in [2.24, 2.45) is 29.6 Å². The van der Waals surface area contributed by atoms with Crippen LogP contribution >= 0.6 is 15.9 Å². The van der Waals surface area contributed by atoms with Crippen LogP contribution in [-0.2, 0) is 4.79 Å². The highest BCUT2D eigenvalue weighted by atomic mass is 79.9. The van der Waals surface area contributed by atoms with Gasteiger partial charge in [-0.05, 0) is 77.4 Å².